The summed E-state index contributed by atoms with van der Waals surface area (Å²) in [6.45, 7) is 0. The molecule has 0 saturated carbocycles. The number of H-pyrrole nitrogens is 2. The lowest BCUT2D eigenvalue weighted by Crippen LogP contribution is -2.59. The highest BCUT2D eigenvalue weighted by molar-refractivity contribution is 7.98. The fourth-order valence-electron chi connectivity index (χ4n) is 5.51. The van der Waals surface area contributed by atoms with Crippen LogP contribution in [0.4, 0.5) is 0 Å². The van der Waals surface area contributed by atoms with Crippen LogP contribution in [0.5, 0.6) is 0 Å². The fraction of sp³-hybridized carbons (Fsp3) is 0.343. The zero-order valence-corrected chi connectivity index (χ0v) is 29.3. The fourth-order valence-corrected chi connectivity index (χ4v) is 5.99. The Morgan fingerprint density at radius 1 is 0.788 bits per heavy atom. The molecule has 0 aliphatic rings. The van der Waals surface area contributed by atoms with E-state index >= 15 is 0 Å². The lowest BCUT2D eigenvalue weighted by molar-refractivity contribution is -0.142. The van der Waals surface area contributed by atoms with Crippen LogP contribution in [0, 0.1) is 0 Å². The molecule has 17 heteroatoms. The first-order valence-electron chi connectivity index (χ1n) is 16.5. The van der Waals surface area contributed by atoms with Crippen LogP contribution in [0.15, 0.2) is 73.3 Å². The molecule has 4 rings (SSSR count). The van der Waals surface area contributed by atoms with Crippen molar-refractivity contribution in [3.8, 4) is 0 Å². The number of rotatable bonds is 20. The minimum Gasteiger partial charge on any atom is -0.480 e. The van der Waals surface area contributed by atoms with Crippen molar-refractivity contribution in [2.75, 3.05) is 12.0 Å². The number of carboxylic acids is 1. The standard InChI is InChI=1S/C35H43N9O7S/c1-52-12-11-26(32(47)44-29(35(50)51)15-22-18-38-19-40-22)41-34(49)28(14-21-17-39-25-10-6-5-9-23(21)25)43-33(48)27(13-20-7-3-2-4-8-20)42-31(46)24(36)16-30(37)45/h2-10,17-19,24,26-29,39H,11-16,36H2,1H3,(H2,37,45)(H,38,40)(H,41,49)(H,42,46)(H,43,48)(H,44,47)(H,50,51)/t24-,26-,27-,28-,29-/m0/s1. The molecule has 2 aromatic heterocycles. The number of amides is 5. The molecule has 4 aromatic rings. The zero-order chi connectivity index (χ0) is 37.6. The third kappa shape index (κ3) is 11.4. The number of para-hydroxylation sites is 1. The quantitative estimate of drug-likeness (QED) is 0.0582. The van der Waals surface area contributed by atoms with E-state index in [0.717, 1.165) is 10.9 Å². The summed E-state index contributed by atoms with van der Waals surface area (Å²) >= 11 is 1.43. The lowest BCUT2D eigenvalue weighted by atomic mass is 10.0. The number of thioether (sulfide) groups is 1. The van der Waals surface area contributed by atoms with Crippen molar-refractivity contribution in [3.63, 3.8) is 0 Å². The van der Waals surface area contributed by atoms with E-state index in [1.54, 1.807) is 36.5 Å². The molecule has 0 aliphatic heterocycles. The molecule has 276 valence electrons. The van der Waals surface area contributed by atoms with Crippen molar-refractivity contribution < 1.29 is 33.9 Å². The summed E-state index contributed by atoms with van der Waals surface area (Å²) in [4.78, 5) is 87.9. The van der Waals surface area contributed by atoms with Gasteiger partial charge in [-0.1, -0.05) is 48.5 Å². The number of benzene rings is 2. The Morgan fingerprint density at radius 2 is 1.40 bits per heavy atom. The van der Waals surface area contributed by atoms with Gasteiger partial charge in [-0.3, -0.25) is 24.0 Å². The highest BCUT2D eigenvalue weighted by Gasteiger charge is 2.33. The number of imidazole rings is 1. The van der Waals surface area contributed by atoms with Crippen LogP contribution in [0.3, 0.4) is 0 Å². The number of nitrogens with zero attached hydrogens (tertiary/aromatic N) is 1. The maximum Gasteiger partial charge on any atom is 0.326 e. The van der Waals surface area contributed by atoms with Gasteiger partial charge >= 0.3 is 5.97 Å². The third-order valence-electron chi connectivity index (χ3n) is 8.24. The molecule has 0 aliphatic carbocycles. The molecular formula is C35H43N9O7S. The number of aromatic nitrogens is 3. The van der Waals surface area contributed by atoms with Gasteiger partial charge in [0.2, 0.25) is 29.5 Å². The molecule has 0 unspecified atom stereocenters. The highest BCUT2D eigenvalue weighted by Crippen LogP contribution is 2.20. The highest BCUT2D eigenvalue weighted by atomic mass is 32.2. The molecule has 16 nitrogen and oxygen atoms in total. The monoisotopic (exact) mass is 733 g/mol. The van der Waals surface area contributed by atoms with Gasteiger partial charge < -0.3 is 47.8 Å². The summed E-state index contributed by atoms with van der Waals surface area (Å²) in [6, 6.07) is 9.98. The zero-order valence-electron chi connectivity index (χ0n) is 28.5. The Hall–Kier alpha value is -5.68. The Kier molecular flexibility index (Phi) is 14.3. The second-order valence-electron chi connectivity index (χ2n) is 12.2. The van der Waals surface area contributed by atoms with Crippen molar-refractivity contribution in [2.24, 2.45) is 11.5 Å². The van der Waals surface area contributed by atoms with Crippen LogP contribution >= 0.6 is 11.8 Å². The first kappa shape index (κ1) is 39.1. The number of nitrogens with two attached hydrogens (primary N) is 2. The van der Waals surface area contributed by atoms with E-state index < -0.39 is 72.1 Å². The smallest absolute Gasteiger partial charge is 0.326 e. The van der Waals surface area contributed by atoms with Crippen LogP contribution < -0.4 is 32.7 Å². The molecule has 2 aromatic carbocycles. The summed E-state index contributed by atoms with van der Waals surface area (Å²) in [5, 5.41) is 21.2. The van der Waals surface area contributed by atoms with Crippen molar-refractivity contribution >= 4 is 58.2 Å². The topological polar surface area (TPSA) is 267 Å². The molecular weight excluding hydrogens is 691 g/mol. The average molecular weight is 734 g/mol. The van der Waals surface area contributed by atoms with Crippen molar-refractivity contribution in [1.29, 1.82) is 0 Å². The van der Waals surface area contributed by atoms with E-state index in [1.807, 2.05) is 30.5 Å². The SMILES string of the molecule is CSCC[C@H](NC(=O)[C@H](Cc1c[nH]c2ccccc12)NC(=O)[C@H](Cc1ccccc1)NC(=O)[C@@H](N)CC(N)=O)C(=O)N[C@@H](Cc1cnc[nH]1)C(=O)O. The second-order valence-corrected chi connectivity index (χ2v) is 13.2. The van der Waals surface area contributed by atoms with Crippen LogP contribution in [0.2, 0.25) is 0 Å². The largest absolute Gasteiger partial charge is 0.480 e. The van der Waals surface area contributed by atoms with Crippen LogP contribution in [0.25, 0.3) is 10.9 Å². The molecule has 5 atom stereocenters. The molecule has 11 N–H and O–H groups in total. The maximum absolute atomic E-state index is 14.1. The maximum atomic E-state index is 14.1. The molecule has 0 bridgehead atoms. The molecule has 0 saturated heterocycles. The van der Waals surface area contributed by atoms with Gasteiger partial charge in [-0.25, -0.2) is 9.78 Å². The van der Waals surface area contributed by atoms with Crippen LogP contribution in [-0.2, 0) is 48.0 Å². The first-order chi connectivity index (χ1) is 24.9. The Bertz CT molecular complexity index is 1830. The van der Waals surface area contributed by atoms with E-state index in [0.29, 0.717) is 22.6 Å². The van der Waals surface area contributed by atoms with Gasteiger partial charge in [0.1, 0.15) is 24.2 Å². The second kappa shape index (κ2) is 19.1. The number of aromatic amines is 2. The average Bonchev–Trinajstić information content (AvgIpc) is 3.79. The summed E-state index contributed by atoms with van der Waals surface area (Å²) in [5.41, 5.74) is 13.8. The van der Waals surface area contributed by atoms with E-state index in [-0.39, 0.29) is 25.7 Å². The molecule has 52 heavy (non-hydrogen) atoms. The van der Waals surface area contributed by atoms with Gasteiger partial charge in [0.15, 0.2) is 0 Å². The summed E-state index contributed by atoms with van der Waals surface area (Å²) < 4.78 is 0. The number of aliphatic carboxylic acids is 1. The Morgan fingerprint density at radius 3 is 2.06 bits per heavy atom. The molecule has 2 heterocycles. The molecule has 5 amide bonds. The summed E-state index contributed by atoms with van der Waals surface area (Å²) in [7, 11) is 0. The number of primary amides is 1. The predicted octanol–water partition coefficient (Wildman–Crippen LogP) is -0.101. The lowest BCUT2D eigenvalue weighted by Gasteiger charge is -2.26. The van der Waals surface area contributed by atoms with Gasteiger partial charge in [-0.05, 0) is 35.6 Å². The predicted molar refractivity (Wildman–Crippen MR) is 195 cm³/mol. The number of carbonyl (C=O) groups excluding carboxylic acids is 5. The number of nitrogens with one attached hydrogen (secondary N) is 6. The number of hydrogen-bond donors (Lipinski definition) is 9. The van der Waals surface area contributed by atoms with E-state index in [1.165, 1.54) is 24.3 Å². The molecule has 0 fully saturated rings. The minimum atomic E-state index is -1.31. The van der Waals surface area contributed by atoms with Crippen LogP contribution in [-0.4, -0.2) is 97.8 Å². The van der Waals surface area contributed by atoms with Gasteiger partial charge in [0, 0.05) is 48.3 Å². The molecule has 0 radical (unpaired) electrons. The Balaban J connectivity index is 1.61. The number of fused-ring (bicyclic) bond motifs is 1. The van der Waals surface area contributed by atoms with E-state index in [2.05, 4.69) is 36.2 Å². The summed E-state index contributed by atoms with van der Waals surface area (Å²) in [5.74, 6) is -4.56. The van der Waals surface area contributed by atoms with E-state index in [9.17, 15) is 33.9 Å². The normalized spacial score (nSPS) is 14.0. The summed E-state index contributed by atoms with van der Waals surface area (Å²) in [6.07, 6.45) is 6.05. The van der Waals surface area contributed by atoms with Crippen LogP contribution in [0.1, 0.15) is 29.7 Å². The third-order valence-corrected chi connectivity index (χ3v) is 8.89. The molecule has 0 spiro atoms. The van der Waals surface area contributed by atoms with Gasteiger partial charge in [-0.2, -0.15) is 11.8 Å². The van der Waals surface area contributed by atoms with Gasteiger partial charge in [0.05, 0.1) is 18.8 Å². The van der Waals surface area contributed by atoms with E-state index in [4.69, 9.17) is 11.5 Å². The first-order valence-corrected chi connectivity index (χ1v) is 17.9. The number of hydrogen-bond acceptors (Lipinski definition) is 9. The minimum absolute atomic E-state index is 0.0107. The van der Waals surface area contributed by atoms with Crippen molar-refractivity contribution in [2.45, 2.75) is 62.3 Å². The number of carbonyl (C=O) groups is 6. The van der Waals surface area contributed by atoms with Crippen molar-refractivity contribution in [1.82, 2.24) is 36.2 Å². The Labute approximate surface area is 303 Å². The van der Waals surface area contributed by atoms with Crippen molar-refractivity contribution in [3.05, 3.63) is 90.1 Å². The van der Waals surface area contributed by atoms with Gasteiger partial charge in [0.25, 0.3) is 0 Å². The van der Waals surface area contributed by atoms with Gasteiger partial charge in [-0.15, -0.1) is 0 Å². The number of carboxylic acid groups (broad SMARTS) is 1.